The fourth-order valence-electron chi connectivity index (χ4n) is 1.40. The van der Waals surface area contributed by atoms with Gasteiger partial charge in [-0.15, -0.1) is 0 Å². The maximum atomic E-state index is 8.96. The van der Waals surface area contributed by atoms with Crippen molar-refractivity contribution in [2.75, 3.05) is 0 Å². The van der Waals surface area contributed by atoms with Crippen LogP contribution in [0.4, 0.5) is 0 Å². The molecule has 0 saturated heterocycles. The molecule has 13 heavy (non-hydrogen) atoms. The highest BCUT2D eigenvalue weighted by Crippen LogP contribution is 2.20. The summed E-state index contributed by atoms with van der Waals surface area (Å²) in [5, 5.41) is 8.96. The van der Waals surface area contributed by atoms with Crippen LogP contribution in [-0.4, -0.2) is 0 Å². The molecule has 0 aliphatic heterocycles. The van der Waals surface area contributed by atoms with E-state index < -0.39 is 0 Å². The van der Waals surface area contributed by atoms with E-state index in [4.69, 9.17) is 5.26 Å². The van der Waals surface area contributed by atoms with Gasteiger partial charge in [-0.3, -0.25) is 0 Å². The summed E-state index contributed by atoms with van der Waals surface area (Å²) in [6, 6.07) is 12.4. The molecule has 0 bridgehead atoms. The predicted molar refractivity (Wildman–Crippen MR) is 54.3 cm³/mol. The van der Waals surface area contributed by atoms with Crippen LogP contribution >= 0.6 is 0 Å². The van der Waals surface area contributed by atoms with Gasteiger partial charge in [-0.05, 0) is 12.0 Å². The Balaban J connectivity index is 2.63. The molecule has 0 aliphatic rings. The van der Waals surface area contributed by atoms with Crippen molar-refractivity contribution < 1.29 is 0 Å². The average Bonchev–Trinajstić information content (AvgIpc) is 2.21. The average molecular weight is 173 g/mol. The molecule has 1 nitrogen and oxygen atoms in total. The summed E-state index contributed by atoms with van der Waals surface area (Å²) >= 11 is 0. The Morgan fingerprint density at radius 1 is 1.31 bits per heavy atom. The van der Waals surface area contributed by atoms with Crippen molar-refractivity contribution in [1.29, 1.82) is 5.26 Å². The summed E-state index contributed by atoms with van der Waals surface area (Å²) in [6.07, 6.45) is 3.27. The predicted octanol–water partition coefficient (Wildman–Crippen LogP) is 3.48. The molecule has 0 radical (unpaired) electrons. The zero-order valence-corrected chi connectivity index (χ0v) is 8.03. The van der Waals surface area contributed by atoms with E-state index in [0.717, 1.165) is 24.8 Å². The zero-order valence-electron chi connectivity index (χ0n) is 8.03. The van der Waals surface area contributed by atoms with Crippen LogP contribution in [0, 0.1) is 11.3 Å². The van der Waals surface area contributed by atoms with E-state index in [9.17, 15) is 0 Å². The van der Waals surface area contributed by atoms with Crippen LogP contribution < -0.4 is 0 Å². The molecule has 0 unspecified atom stereocenters. The third kappa shape index (κ3) is 2.91. The van der Waals surface area contributed by atoms with E-state index in [1.165, 1.54) is 0 Å². The summed E-state index contributed by atoms with van der Waals surface area (Å²) in [7, 11) is 0. The van der Waals surface area contributed by atoms with Gasteiger partial charge in [-0.25, -0.2) is 0 Å². The van der Waals surface area contributed by atoms with E-state index in [1.807, 2.05) is 30.3 Å². The summed E-state index contributed by atoms with van der Waals surface area (Å²) in [6.45, 7) is 2.15. The van der Waals surface area contributed by atoms with Crippen molar-refractivity contribution in [2.45, 2.75) is 32.1 Å². The van der Waals surface area contributed by atoms with Crippen LogP contribution in [0.2, 0.25) is 0 Å². The first kappa shape index (κ1) is 9.80. The first-order chi connectivity index (χ1) is 6.38. The minimum absolute atomic E-state index is 0.0844. The van der Waals surface area contributed by atoms with Gasteiger partial charge in [-0.2, -0.15) is 5.26 Å². The van der Waals surface area contributed by atoms with Gasteiger partial charge in [0.1, 0.15) is 0 Å². The lowest BCUT2D eigenvalue weighted by atomic mass is 9.95. The molecular weight excluding hydrogens is 158 g/mol. The minimum Gasteiger partial charge on any atom is -0.198 e. The van der Waals surface area contributed by atoms with Crippen molar-refractivity contribution in [2.24, 2.45) is 0 Å². The molecule has 0 amide bonds. The maximum Gasteiger partial charge on any atom is 0.0712 e. The third-order valence-corrected chi connectivity index (χ3v) is 2.20. The molecule has 0 fully saturated rings. The first-order valence-corrected chi connectivity index (χ1v) is 4.83. The van der Waals surface area contributed by atoms with Crippen LogP contribution in [0.5, 0.6) is 0 Å². The Morgan fingerprint density at radius 2 is 2.00 bits per heavy atom. The number of hydrogen-bond donors (Lipinski definition) is 0. The molecule has 1 rings (SSSR count). The van der Waals surface area contributed by atoms with Crippen LogP contribution in [0.15, 0.2) is 30.3 Å². The second-order valence-corrected chi connectivity index (χ2v) is 3.23. The van der Waals surface area contributed by atoms with E-state index in [0.29, 0.717) is 0 Å². The van der Waals surface area contributed by atoms with Gasteiger partial charge in [-0.1, -0.05) is 50.1 Å². The highest BCUT2D eigenvalue weighted by Gasteiger charge is 2.07. The smallest absolute Gasteiger partial charge is 0.0712 e. The molecule has 1 heteroatoms. The molecular formula is C12H15N. The summed E-state index contributed by atoms with van der Waals surface area (Å²) in [5.41, 5.74) is 1.15. The monoisotopic (exact) mass is 173 g/mol. The highest BCUT2D eigenvalue weighted by atomic mass is 14.3. The van der Waals surface area contributed by atoms with Crippen LogP contribution in [0.25, 0.3) is 0 Å². The van der Waals surface area contributed by atoms with Crippen molar-refractivity contribution in [3.8, 4) is 6.07 Å². The lowest BCUT2D eigenvalue weighted by Crippen LogP contribution is -1.94. The Bertz CT molecular complexity index is 271. The van der Waals surface area contributed by atoms with E-state index in [-0.39, 0.29) is 5.92 Å². The van der Waals surface area contributed by atoms with Gasteiger partial charge in [0.05, 0.1) is 12.0 Å². The fraction of sp³-hybridized carbons (Fsp3) is 0.417. The van der Waals surface area contributed by atoms with Gasteiger partial charge < -0.3 is 0 Å². The maximum absolute atomic E-state index is 8.96. The van der Waals surface area contributed by atoms with Crippen molar-refractivity contribution in [3.63, 3.8) is 0 Å². The molecule has 1 aromatic rings. The lowest BCUT2D eigenvalue weighted by molar-refractivity contribution is 0.671. The Labute approximate surface area is 80.0 Å². The standard InChI is InChI=1S/C12H15N/c1-2-3-7-12(10-13)11-8-5-4-6-9-11/h4-6,8-9,12H,2-3,7H2,1H3/t12-/m1/s1. The number of hydrogen-bond acceptors (Lipinski definition) is 1. The zero-order chi connectivity index (χ0) is 9.52. The molecule has 0 aliphatic carbocycles. The van der Waals surface area contributed by atoms with E-state index in [1.54, 1.807) is 0 Å². The number of unbranched alkanes of at least 4 members (excludes halogenated alkanes) is 1. The van der Waals surface area contributed by atoms with Crippen molar-refractivity contribution >= 4 is 0 Å². The Morgan fingerprint density at radius 3 is 2.54 bits per heavy atom. The normalized spacial score (nSPS) is 12.0. The SMILES string of the molecule is CCCC[C@H](C#N)c1ccccc1. The van der Waals surface area contributed by atoms with Crippen LogP contribution in [-0.2, 0) is 0 Å². The quantitative estimate of drug-likeness (QED) is 0.683. The molecule has 0 N–H and O–H groups in total. The Kier molecular flexibility index (Phi) is 4.05. The molecule has 1 aromatic carbocycles. The highest BCUT2D eigenvalue weighted by molar-refractivity contribution is 5.24. The van der Waals surface area contributed by atoms with Gasteiger partial charge in [0, 0.05) is 0 Å². The molecule has 0 saturated carbocycles. The minimum atomic E-state index is 0.0844. The number of benzene rings is 1. The molecule has 0 spiro atoms. The first-order valence-electron chi connectivity index (χ1n) is 4.83. The van der Waals surface area contributed by atoms with E-state index >= 15 is 0 Å². The van der Waals surface area contributed by atoms with Crippen LogP contribution in [0.1, 0.15) is 37.7 Å². The second kappa shape index (κ2) is 5.37. The van der Waals surface area contributed by atoms with Gasteiger partial charge >= 0.3 is 0 Å². The molecule has 0 heterocycles. The summed E-state index contributed by atoms with van der Waals surface area (Å²) < 4.78 is 0. The molecule has 0 aromatic heterocycles. The summed E-state index contributed by atoms with van der Waals surface area (Å²) in [4.78, 5) is 0. The number of nitrogens with zero attached hydrogens (tertiary/aromatic N) is 1. The lowest BCUT2D eigenvalue weighted by Gasteiger charge is -2.07. The Hall–Kier alpha value is -1.29. The third-order valence-electron chi connectivity index (χ3n) is 2.20. The van der Waals surface area contributed by atoms with Gasteiger partial charge in [0.15, 0.2) is 0 Å². The second-order valence-electron chi connectivity index (χ2n) is 3.23. The van der Waals surface area contributed by atoms with Gasteiger partial charge in [0.2, 0.25) is 0 Å². The topological polar surface area (TPSA) is 23.8 Å². The molecule has 68 valence electrons. The van der Waals surface area contributed by atoms with Gasteiger partial charge in [0.25, 0.3) is 0 Å². The molecule has 1 atom stereocenters. The largest absolute Gasteiger partial charge is 0.198 e. The van der Waals surface area contributed by atoms with Crippen molar-refractivity contribution in [1.82, 2.24) is 0 Å². The number of rotatable bonds is 4. The summed E-state index contributed by atoms with van der Waals surface area (Å²) in [5.74, 6) is 0.0844. The van der Waals surface area contributed by atoms with Crippen LogP contribution in [0.3, 0.4) is 0 Å². The fourth-order valence-corrected chi connectivity index (χ4v) is 1.40. The van der Waals surface area contributed by atoms with E-state index in [2.05, 4.69) is 13.0 Å². The number of nitriles is 1. The van der Waals surface area contributed by atoms with Crippen molar-refractivity contribution in [3.05, 3.63) is 35.9 Å².